The van der Waals surface area contributed by atoms with Gasteiger partial charge in [0.25, 0.3) is 5.91 Å². The molecule has 3 rings (SSSR count). The second-order valence-corrected chi connectivity index (χ2v) is 6.39. The zero-order valence-corrected chi connectivity index (χ0v) is 15.0. The predicted molar refractivity (Wildman–Crippen MR) is 94.0 cm³/mol. The molecule has 2 aromatic rings. The van der Waals surface area contributed by atoms with Crippen molar-refractivity contribution in [2.75, 3.05) is 45.9 Å². The quantitative estimate of drug-likeness (QED) is 0.849. The molecule has 140 valence electrons. The summed E-state index contributed by atoms with van der Waals surface area (Å²) in [6, 6.07) is 4.28. The number of nitrogens with zero attached hydrogens (tertiary/aromatic N) is 2. The first-order valence-electron chi connectivity index (χ1n) is 8.38. The Balaban J connectivity index is 1.92. The summed E-state index contributed by atoms with van der Waals surface area (Å²) in [6.45, 7) is 1.88. The molecule has 1 saturated heterocycles. The minimum atomic E-state index is -0.490. The molecule has 7 nitrogen and oxygen atoms in total. The van der Waals surface area contributed by atoms with Gasteiger partial charge >= 0.3 is 0 Å². The third-order valence-electron chi connectivity index (χ3n) is 4.31. The Kier molecular flexibility index (Phi) is 5.41. The van der Waals surface area contributed by atoms with Crippen molar-refractivity contribution in [2.45, 2.75) is 6.42 Å². The van der Waals surface area contributed by atoms with Crippen LogP contribution in [0.4, 0.5) is 10.2 Å². The maximum absolute atomic E-state index is 13.7. The molecule has 0 bridgehead atoms. The molecule has 1 aliphatic rings. The van der Waals surface area contributed by atoms with E-state index in [1.54, 1.807) is 19.0 Å². The second-order valence-electron chi connectivity index (χ2n) is 6.39. The number of halogens is 1. The Labute approximate surface area is 151 Å². The van der Waals surface area contributed by atoms with Crippen molar-refractivity contribution >= 4 is 11.7 Å². The number of ether oxygens (including phenoxy) is 2. The monoisotopic (exact) mass is 363 g/mol. The van der Waals surface area contributed by atoms with E-state index in [0.717, 1.165) is 13.0 Å². The highest BCUT2D eigenvalue weighted by molar-refractivity contribution is 6.04. The lowest BCUT2D eigenvalue weighted by atomic mass is 10.1. The van der Waals surface area contributed by atoms with E-state index in [9.17, 15) is 9.18 Å². The molecule has 0 saturated carbocycles. The zero-order chi connectivity index (χ0) is 18.7. The fraction of sp³-hybridized carbons (Fsp3) is 0.444. The van der Waals surface area contributed by atoms with Crippen LogP contribution in [0.25, 0.3) is 11.3 Å². The van der Waals surface area contributed by atoms with E-state index in [1.807, 2.05) is 0 Å². The van der Waals surface area contributed by atoms with Crippen molar-refractivity contribution in [3.63, 3.8) is 0 Å². The third-order valence-corrected chi connectivity index (χ3v) is 4.31. The van der Waals surface area contributed by atoms with Crippen molar-refractivity contribution in [1.29, 1.82) is 0 Å². The van der Waals surface area contributed by atoms with Gasteiger partial charge in [0.15, 0.2) is 23.1 Å². The minimum absolute atomic E-state index is 0.0692. The molecular weight excluding hydrogens is 341 g/mol. The largest absolute Gasteiger partial charge is 0.494 e. The fourth-order valence-corrected chi connectivity index (χ4v) is 2.86. The lowest BCUT2D eigenvalue weighted by molar-refractivity contribution is 0.0945. The number of hydrogen-bond donors (Lipinski definition) is 1. The van der Waals surface area contributed by atoms with Crippen molar-refractivity contribution in [2.24, 2.45) is 5.92 Å². The predicted octanol–water partition coefficient (Wildman–Crippen LogP) is 2.32. The van der Waals surface area contributed by atoms with Crippen LogP contribution in [0, 0.1) is 11.7 Å². The van der Waals surface area contributed by atoms with Gasteiger partial charge in [-0.3, -0.25) is 4.79 Å². The normalized spacial score (nSPS) is 16.5. The van der Waals surface area contributed by atoms with E-state index in [1.165, 1.54) is 25.3 Å². The molecule has 8 heteroatoms. The molecule has 1 fully saturated rings. The summed E-state index contributed by atoms with van der Waals surface area (Å²) in [5.41, 5.74) is 0.820. The summed E-state index contributed by atoms with van der Waals surface area (Å²) in [7, 11) is 4.92. The summed E-state index contributed by atoms with van der Waals surface area (Å²) < 4.78 is 29.5. The molecule has 1 unspecified atom stereocenters. The molecule has 1 atom stereocenters. The maximum atomic E-state index is 13.7. The number of anilines is 1. The van der Waals surface area contributed by atoms with E-state index in [0.29, 0.717) is 36.0 Å². The van der Waals surface area contributed by atoms with Gasteiger partial charge in [0.05, 0.1) is 13.7 Å². The van der Waals surface area contributed by atoms with Gasteiger partial charge in [-0.05, 0) is 24.6 Å². The molecule has 26 heavy (non-hydrogen) atoms. The van der Waals surface area contributed by atoms with Crippen molar-refractivity contribution in [1.82, 2.24) is 10.5 Å². The van der Waals surface area contributed by atoms with Crippen molar-refractivity contribution in [3.8, 4) is 17.1 Å². The van der Waals surface area contributed by atoms with Crippen LogP contribution in [0.3, 0.4) is 0 Å². The molecule has 0 spiro atoms. The average molecular weight is 363 g/mol. The molecule has 0 aliphatic carbocycles. The van der Waals surface area contributed by atoms with E-state index in [-0.39, 0.29) is 17.4 Å². The summed E-state index contributed by atoms with van der Waals surface area (Å²) in [6.07, 6.45) is 0.923. The third kappa shape index (κ3) is 3.65. The number of nitrogens with one attached hydrogen (secondary N) is 1. The first-order chi connectivity index (χ1) is 12.5. The summed E-state index contributed by atoms with van der Waals surface area (Å²) in [5, 5.41) is 6.92. The number of carbonyl (C=O) groups excluding carboxylic acids is 1. The first kappa shape index (κ1) is 18.2. The van der Waals surface area contributed by atoms with Crippen molar-refractivity contribution in [3.05, 3.63) is 29.6 Å². The highest BCUT2D eigenvalue weighted by Crippen LogP contribution is 2.33. The number of aromatic nitrogens is 1. The number of methoxy groups -OCH3 is 1. The van der Waals surface area contributed by atoms with E-state index in [4.69, 9.17) is 14.0 Å². The van der Waals surface area contributed by atoms with Gasteiger partial charge in [0, 0.05) is 38.7 Å². The Morgan fingerprint density at radius 1 is 1.46 bits per heavy atom. The highest BCUT2D eigenvalue weighted by atomic mass is 19.1. The Hall–Kier alpha value is -2.61. The molecule has 1 N–H and O–H groups in total. The molecule has 1 aromatic carbocycles. The highest BCUT2D eigenvalue weighted by Gasteiger charge is 2.27. The molecule has 2 heterocycles. The van der Waals surface area contributed by atoms with E-state index >= 15 is 0 Å². The minimum Gasteiger partial charge on any atom is -0.494 e. The summed E-state index contributed by atoms with van der Waals surface area (Å²) in [4.78, 5) is 14.5. The Bertz CT molecular complexity index is 785. The van der Waals surface area contributed by atoms with Gasteiger partial charge < -0.3 is 24.2 Å². The number of hydrogen-bond acceptors (Lipinski definition) is 6. The smallest absolute Gasteiger partial charge is 0.259 e. The molecule has 1 amide bonds. The first-order valence-corrected chi connectivity index (χ1v) is 8.38. The SMILES string of the molecule is COc1cc(-c2onc(N(C)C)c2C(=O)NCC2CCOC2)ccc1F. The number of amides is 1. The van der Waals surface area contributed by atoms with Gasteiger partial charge in [-0.2, -0.15) is 0 Å². The van der Waals surface area contributed by atoms with Gasteiger partial charge in [0.1, 0.15) is 5.56 Å². The summed E-state index contributed by atoms with van der Waals surface area (Å²) in [5.74, 6) is 0.266. The van der Waals surface area contributed by atoms with Crippen LogP contribution < -0.4 is 15.0 Å². The number of benzene rings is 1. The van der Waals surface area contributed by atoms with Crippen LogP contribution in [0.15, 0.2) is 22.7 Å². The average Bonchev–Trinajstić information content (AvgIpc) is 3.29. The number of carbonyl (C=O) groups is 1. The lowest BCUT2D eigenvalue weighted by Gasteiger charge is -2.13. The fourth-order valence-electron chi connectivity index (χ4n) is 2.86. The molecule has 1 aromatic heterocycles. The van der Waals surface area contributed by atoms with Gasteiger partial charge in [0.2, 0.25) is 0 Å². The van der Waals surface area contributed by atoms with Gasteiger partial charge in [-0.1, -0.05) is 5.16 Å². The number of rotatable bonds is 6. The van der Waals surface area contributed by atoms with Crippen LogP contribution in [0.2, 0.25) is 0 Å². The Morgan fingerprint density at radius 3 is 2.92 bits per heavy atom. The van der Waals surface area contributed by atoms with E-state index < -0.39 is 5.82 Å². The van der Waals surface area contributed by atoms with Gasteiger partial charge in [-0.25, -0.2) is 4.39 Å². The van der Waals surface area contributed by atoms with E-state index in [2.05, 4.69) is 10.5 Å². The molecule has 1 aliphatic heterocycles. The maximum Gasteiger partial charge on any atom is 0.259 e. The summed E-state index contributed by atoms with van der Waals surface area (Å²) >= 11 is 0. The van der Waals surface area contributed by atoms with Crippen molar-refractivity contribution < 1.29 is 23.2 Å². The van der Waals surface area contributed by atoms with Crippen LogP contribution in [-0.4, -0.2) is 52.0 Å². The Morgan fingerprint density at radius 2 is 2.27 bits per heavy atom. The molecular formula is C18H22FN3O4. The zero-order valence-electron chi connectivity index (χ0n) is 15.0. The van der Waals surface area contributed by atoms with Gasteiger partial charge in [-0.15, -0.1) is 0 Å². The second kappa shape index (κ2) is 7.74. The standard InChI is InChI=1S/C18H22FN3O4/c1-22(2)17-15(18(23)20-9-11-6-7-25-10-11)16(26-21-17)12-4-5-13(19)14(8-12)24-3/h4-5,8,11H,6-7,9-10H2,1-3H3,(H,20,23). The van der Waals surface area contributed by atoms with Crippen LogP contribution in [-0.2, 0) is 4.74 Å². The van der Waals surface area contributed by atoms with Crippen LogP contribution in [0.1, 0.15) is 16.8 Å². The molecule has 0 radical (unpaired) electrons. The van der Waals surface area contributed by atoms with Crippen LogP contribution >= 0.6 is 0 Å². The van der Waals surface area contributed by atoms with Crippen LogP contribution in [0.5, 0.6) is 5.75 Å². The lowest BCUT2D eigenvalue weighted by Crippen LogP contribution is -2.30. The topological polar surface area (TPSA) is 76.8 Å².